The molecular weight excluding hydrogens is 565 g/mol. The van der Waals surface area contributed by atoms with Crippen LogP contribution in [0.1, 0.15) is 83.1 Å². The van der Waals surface area contributed by atoms with Gasteiger partial charge in [0.2, 0.25) is 0 Å². The SMILES string of the molecule is COCC(=O)[C@@]1(C#CC(F)(F)F)CC[C@H]2[C@@H]3CC(C)C4=CC(N=O)CCC4=C3C(c3ccc(N4CCCCC4)cc3)C[C@@]21C. The van der Waals surface area contributed by atoms with Crippen molar-refractivity contribution >= 4 is 11.5 Å². The molecule has 236 valence electrons. The summed E-state index contributed by atoms with van der Waals surface area (Å²) in [6.07, 6.45) is 4.74. The van der Waals surface area contributed by atoms with Crippen LogP contribution in [-0.4, -0.2) is 44.8 Å². The first kappa shape index (κ1) is 31.1. The molecule has 1 aliphatic heterocycles. The highest BCUT2D eigenvalue weighted by atomic mass is 19.4. The second-order valence-electron chi connectivity index (χ2n) is 14.0. The second-order valence-corrected chi connectivity index (χ2v) is 14.0. The molecule has 1 aromatic carbocycles. The number of halogens is 3. The lowest BCUT2D eigenvalue weighted by Crippen LogP contribution is -2.52. The molecule has 0 spiro atoms. The van der Waals surface area contributed by atoms with Crippen LogP contribution in [0.5, 0.6) is 0 Å². The Morgan fingerprint density at radius 1 is 1.14 bits per heavy atom. The molecule has 0 N–H and O–H groups in total. The zero-order valence-corrected chi connectivity index (χ0v) is 26.0. The topological polar surface area (TPSA) is 59.0 Å². The number of Topliss-reactive ketones (excluding diaryl/α,β-unsaturated/α-hetero) is 1. The third-order valence-corrected chi connectivity index (χ3v) is 11.7. The van der Waals surface area contributed by atoms with Crippen molar-refractivity contribution in [3.05, 3.63) is 57.5 Å². The Kier molecular flexibility index (Phi) is 8.32. The van der Waals surface area contributed by atoms with Crippen LogP contribution in [0.15, 0.2) is 52.2 Å². The number of benzene rings is 1. The summed E-state index contributed by atoms with van der Waals surface area (Å²) in [5.74, 6) is 4.03. The third-order valence-electron chi connectivity index (χ3n) is 11.7. The smallest absolute Gasteiger partial charge is 0.377 e. The lowest BCUT2D eigenvalue weighted by Gasteiger charge is -2.55. The number of hydrogen-bond acceptors (Lipinski definition) is 5. The van der Waals surface area contributed by atoms with Gasteiger partial charge < -0.3 is 9.64 Å². The molecule has 5 aliphatic rings. The number of nitroso groups, excluding NO2 is 1. The fourth-order valence-electron chi connectivity index (χ4n) is 9.72. The summed E-state index contributed by atoms with van der Waals surface area (Å²) in [6, 6.07) is 8.43. The molecule has 2 saturated carbocycles. The summed E-state index contributed by atoms with van der Waals surface area (Å²) in [6.45, 7) is 6.04. The van der Waals surface area contributed by atoms with Crippen molar-refractivity contribution in [2.75, 3.05) is 31.7 Å². The number of methoxy groups -OCH3 is 1. The van der Waals surface area contributed by atoms with Gasteiger partial charge in [-0.2, -0.15) is 18.1 Å². The first-order valence-corrected chi connectivity index (χ1v) is 16.3. The Morgan fingerprint density at radius 3 is 2.52 bits per heavy atom. The number of allylic oxidation sites excluding steroid dienone is 3. The summed E-state index contributed by atoms with van der Waals surface area (Å²) >= 11 is 0. The average Bonchev–Trinajstić information content (AvgIpc) is 3.32. The zero-order valence-electron chi connectivity index (χ0n) is 26.0. The van der Waals surface area contributed by atoms with Crippen LogP contribution in [0.2, 0.25) is 0 Å². The van der Waals surface area contributed by atoms with E-state index in [4.69, 9.17) is 4.74 Å². The molecule has 0 radical (unpaired) electrons. The van der Waals surface area contributed by atoms with Gasteiger partial charge in [0.1, 0.15) is 12.6 Å². The number of rotatable bonds is 6. The summed E-state index contributed by atoms with van der Waals surface area (Å²) < 4.78 is 46.1. The van der Waals surface area contributed by atoms with Crippen LogP contribution in [0, 0.1) is 45.3 Å². The molecule has 7 atom stereocenters. The molecular formula is C36H43F3N2O3. The van der Waals surface area contributed by atoms with E-state index in [0.29, 0.717) is 25.7 Å². The van der Waals surface area contributed by atoms with E-state index in [1.807, 2.05) is 6.92 Å². The van der Waals surface area contributed by atoms with Crippen LogP contribution in [0.3, 0.4) is 0 Å². The van der Waals surface area contributed by atoms with E-state index in [0.717, 1.165) is 31.5 Å². The molecule has 0 aromatic heterocycles. The molecule has 8 heteroatoms. The maximum Gasteiger partial charge on any atom is 0.457 e. The van der Waals surface area contributed by atoms with Crippen LogP contribution in [0.25, 0.3) is 0 Å². The molecule has 1 heterocycles. The third kappa shape index (κ3) is 5.23. The van der Waals surface area contributed by atoms with Crippen LogP contribution in [-0.2, 0) is 9.53 Å². The summed E-state index contributed by atoms with van der Waals surface area (Å²) in [5.41, 5.74) is 4.00. The largest absolute Gasteiger partial charge is 0.457 e. The average molecular weight is 609 g/mol. The maximum atomic E-state index is 13.9. The van der Waals surface area contributed by atoms with E-state index < -0.39 is 17.0 Å². The zero-order chi connectivity index (χ0) is 31.3. The molecule has 1 aromatic rings. The number of nitrogens with zero attached hydrogens (tertiary/aromatic N) is 2. The number of carbonyl (C=O) groups is 1. The molecule has 44 heavy (non-hydrogen) atoms. The van der Waals surface area contributed by atoms with E-state index in [1.165, 1.54) is 48.8 Å². The Labute approximate surface area is 258 Å². The Bertz CT molecular complexity index is 1410. The fraction of sp³-hybridized carbons (Fsp3) is 0.639. The van der Waals surface area contributed by atoms with Crippen molar-refractivity contribution < 1.29 is 22.7 Å². The van der Waals surface area contributed by atoms with Crippen LogP contribution in [0.4, 0.5) is 18.9 Å². The molecule has 3 fully saturated rings. The second kappa shape index (κ2) is 11.8. The van der Waals surface area contributed by atoms with E-state index in [-0.39, 0.29) is 42.1 Å². The van der Waals surface area contributed by atoms with E-state index >= 15 is 0 Å². The monoisotopic (exact) mass is 608 g/mol. The quantitative estimate of drug-likeness (QED) is 0.242. The van der Waals surface area contributed by atoms with Gasteiger partial charge in [-0.3, -0.25) is 4.79 Å². The first-order chi connectivity index (χ1) is 21.0. The maximum absolute atomic E-state index is 13.9. The van der Waals surface area contributed by atoms with Crippen molar-refractivity contribution in [1.82, 2.24) is 0 Å². The highest BCUT2D eigenvalue weighted by molar-refractivity contribution is 5.90. The number of carbonyl (C=O) groups excluding carboxylic acids is 1. The van der Waals surface area contributed by atoms with Gasteiger partial charge in [-0.15, -0.1) is 0 Å². The molecule has 3 unspecified atom stereocenters. The lowest BCUT2D eigenvalue weighted by molar-refractivity contribution is -0.136. The molecule has 6 rings (SSSR count). The van der Waals surface area contributed by atoms with Gasteiger partial charge >= 0.3 is 6.18 Å². The summed E-state index contributed by atoms with van der Waals surface area (Å²) in [5, 5.41) is 3.36. The molecule has 0 amide bonds. The van der Waals surface area contributed by atoms with Crippen LogP contribution < -0.4 is 4.90 Å². The van der Waals surface area contributed by atoms with Gasteiger partial charge in [0.25, 0.3) is 0 Å². The van der Waals surface area contributed by atoms with Crippen molar-refractivity contribution in [2.24, 2.45) is 33.8 Å². The number of ether oxygens (including phenoxy) is 1. The van der Waals surface area contributed by atoms with Crippen molar-refractivity contribution in [2.45, 2.75) is 89.8 Å². The summed E-state index contributed by atoms with van der Waals surface area (Å²) in [7, 11) is 1.41. The van der Waals surface area contributed by atoms with Crippen molar-refractivity contribution in [3.63, 3.8) is 0 Å². The van der Waals surface area contributed by atoms with Gasteiger partial charge in [0, 0.05) is 37.7 Å². The van der Waals surface area contributed by atoms with E-state index in [1.54, 1.807) is 5.92 Å². The summed E-state index contributed by atoms with van der Waals surface area (Å²) in [4.78, 5) is 27.8. The predicted molar refractivity (Wildman–Crippen MR) is 165 cm³/mol. The first-order valence-electron chi connectivity index (χ1n) is 16.3. The molecule has 1 saturated heterocycles. The number of ketones is 1. The minimum absolute atomic E-state index is 0.0168. The van der Waals surface area contributed by atoms with Crippen molar-refractivity contribution in [1.29, 1.82) is 0 Å². The van der Waals surface area contributed by atoms with Gasteiger partial charge in [-0.25, -0.2) is 0 Å². The Hall–Kier alpha value is -2.92. The minimum Gasteiger partial charge on any atom is -0.377 e. The van der Waals surface area contributed by atoms with Crippen molar-refractivity contribution in [3.8, 4) is 11.8 Å². The lowest BCUT2D eigenvalue weighted by atomic mass is 9.47. The number of alkyl halides is 3. The molecule has 4 aliphatic carbocycles. The Morgan fingerprint density at radius 2 is 1.86 bits per heavy atom. The van der Waals surface area contributed by atoms with Gasteiger partial charge in [0.05, 0.1) is 5.41 Å². The minimum atomic E-state index is -4.69. The Balaban J connectivity index is 1.50. The highest BCUT2D eigenvalue weighted by Crippen LogP contribution is 2.70. The number of fused-ring (bicyclic) bond motifs is 4. The van der Waals surface area contributed by atoms with E-state index in [9.17, 15) is 22.9 Å². The van der Waals surface area contributed by atoms with Gasteiger partial charge in [-0.05, 0) is 110 Å². The standard InChI is InChI=1S/C36H43F3N2O3/c1-23-19-29-31-13-14-35(32(42)22-44-3,15-16-36(37,38)39)34(31,2)21-30(33(29)27-12-9-25(40-43)20-28(23)27)24-7-10-26(11-8-24)41-17-5-4-6-18-41/h7-8,10-11,20,23,25,29-31H,4-6,9,12-14,17-19,21-22H2,1-3H3/t23?,25?,29-,30?,31-,34-,35-/m0/s1. The number of piperidine rings is 1. The normalized spacial score (nSPS) is 35.1. The predicted octanol–water partition coefficient (Wildman–Crippen LogP) is 8.16. The van der Waals surface area contributed by atoms with E-state index in [2.05, 4.69) is 53.3 Å². The van der Waals surface area contributed by atoms with Crippen LogP contribution >= 0.6 is 0 Å². The highest BCUT2D eigenvalue weighted by Gasteiger charge is 2.66. The number of anilines is 1. The molecule has 5 nitrogen and oxygen atoms in total. The fourth-order valence-corrected chi connectivity index (χ4v) is 9.72. The van der Waals surface area contributed by atoms with Gasteiger partial charge in [-0.1, -0.05) is 48.7 Å². The number of hydrogen-bond donors (Lipinski definition) is 0. The molecule has 0 bridgehead atoms. The van der Waals surface area contributed by atoms with Gasteiger partial charge in [0.15, 0.2) is 5.78 Å².